The number of H-pyrrole nitrogens is 1. The molecule has 0 unspecified atom stereocenters. The van der Waals surface area contributed by atoms with Crippen LogP contribution in [0, 0.1) is 11.7 Å². The second-order valence-corrected chi connectivity index (χ2v) is 9.96. The van der Waals surface area contributed by atoms with Crippen molar-refractivity contribution in [2.24, 2.45) is 10.9 Å². The Kier molecular flexibility index (Phi) is 7.32. The summed E-state index contributed by atoms with van der Waals surface area (Å²) in [5, 5.41) is 0. The number of piperidine rings is 1. The Morgan fingerprint density at radius 2 is 1.75 bits per heavy atom. The van der Waals surface area contributed by atoms with Gasteiger partial charge in [0.05, 0.1) is 24.1 Å². The van der Waals surface area contributed by atoms with E-state index in [1.807, 2.05) is 0 Å². The third kappa shape index (κ3) is 5.28. The predicted octanol–water partition coefficient (Wildman–Crippen LogP) is 4.74. The van der Waals surface area contributed by atoms with Crippen LogP contribution in [0.5, 0.6) is 0 Å². The van der Waals surface area contributed by atoms with Crippen LogP contribution in [-0.2, 0) is 16.1 Å². The van der Waals surface area contributed by atoms with Gasteiger partial charge in [-0.1, -0.05) is 12.5 Å². The largest absolute Gasteiger partial charge is 0.469 e. The van der Waals surface area contributed by atoms with Crippen molar-refractivity contribution in [2.45, 2.75) is 57.5 Å². The number of benzene rings is 2. The Morgan fingerprint density at radius 1 is 1.03 bits per heavy atom. The predicted molar refractivity (Wildman–Crippen MR) is 135 cm³/mol. The molecule has 0 spiro atoms. The van der Waals surface area contributed by atoms with Crippen molar-refractivity contribution in [1.29, 1.82) is 0 Å². The van der Waals surface area contributed by atoms with Crippen LogP contribution < -0.4 is 5.62 Å². The van der Waals surface area contributed by atoms with Crippen molar-refractivity contribution >= 4 is 22.9 Å². The number of hydrogen-bond acceptors (Lipinski definition) is 4. The molecule has 1 aliphatic carbocycles. The van der Waals surface area contributed by atoms with Gasteiger partial charge >= 0.3 is 5.97 Å². The summed E-state index contributed by atoms with van der Waals surface area (Å²) >= 11 is 0. The Hall–Kier alpha value is -3.26. The maximum atomic E-state index is 13.4. The number of halogens is 1. The fourth-order valence-corrected chi connectivity index (χ4v) is 5.59. The highest BCUT2D eigenvalue weighted by Gasteiger charge is 2.29. The van der Waals surface area contributed by atoms with Crippen LogP contribution in [0.4, 0.5) is 4.39 Å². The molecule has 5 rings (SSSR count). The average Bonchev–Trinajstić information content (AvgIpc) is 3.26. The first kappa shape index (κ1) is 24.4. The quantitative estimate of drug-likeness (QED) is 0.522. The standard InChI is InChI=1S/C28H33FN4O3/c1-36-27(35)21-8-12-23(13-9-21)33-25-17-19(18-32-15-3-2-4-16-32)5-14-24(25)30-28(33)31-26(34)20-6-10-22(29)11-7-20/h5-7,10-11,14,17,21,23H,2-4,8-9,12-13,15-16,18H2,1H3,(H,30,31,34)/t21-,23+. The molecule has 190 valence electrons. The number of esters is 1. The number of aromatic amines is 1. The van der Waals surface area contributed by atoms with Gasteiger partial charge in [-0.25, -0.2) is 4.39 Å². The molecule has 1 amide bonds. The molecule has 1 aromatic heterocycles. The molecule has 7 nitrogen and oxygen atoms in total. The average molecular weight is 493 g/mol. The Morgan fingerprint density at radius 3 is 2.44 bits per heavy atom. The molecule has 1 saturated carbocycles. The molecular formula is C28H33FN4O3. The van der Waals surface area contributed by atoms with Gasteiger partial charge in [-0.15, -0.1) is 0 Å². The van der Waals surface area contributed by atoms with E-state index in [2.05, 4.69) is 37.6 Å². The van der Waals surface area contributed by atoms with E-state index < -0.39 is 11.7 Å². The Bertz CT molecular complexity index is 1300. The molecule has 2 fully saturated rings. The van der Waals surface area contributed by atoms with Gasteiger partial charge in [-0.3, -0.25) is 14.5 Å². The van der Waals surface area contributed by atoms with E-state index in [9.17, 15) is 14.0 Å². The van der Waals surface area contributed by atoms with Gasteiger partial charge in [0.1, 0.15) is 5.82 Å². The van der Waals surface area contributed by atoms with Gasteiger partial charge in [0, 0.05) is 18.2 Å². The van der Waals surface area contributed by atoms with Gasteiger partial charge in [0.15, 0.2) is 0 Å². The second-order valence-electron chi connectivity index (χ2n) is 9.96. The number of nitrogens with one attached hydrogen (secondary N) is 1. The number of carbonyl (C=O) groups excluding carboxylic acids is 2. The molecule has 2 heterocycles. The second kappa shape index (κ2) is 10.8. The lowest BCUT2D eigenvalue weighted by molar-refractivity contribution is -0.146. The van der Waals surface area contributed by atoms with Crippen LogP contribution in [0.15, 0.2) is 47.5 Å². The molecule has 0 radical (unpaired) electrons. The van der Waals surface area contributed by atoms with Crippen LogP contribution in [0.2, 0.25) is 0 Å². The number of amides is 1. The molecule has 8 heteroatoms. The Balaban J connectivity index is 1.51. The van der Waals surface area contributed by atoms with Crippen molar-refractivity contribution in [3.05, 3.63) is 65.0 Å². The summed E-state index contributed by atoms with van der Waals surface area (Å²) in [7, 11) is 1.44. The first-order valence-electron chi connectivity index (χ1n) is 12.9. The van der Waals surface area contributed by atoms with Gasteiger partial charge in [0.25, 0.3) is 5.91 Å². The highest BCUT2D eigenvalue weighted by atomic mass is 19.1. The van der Waals surface area contributed by atoms with Crippen molar-refractivity contribution < 1.29 is 18.7 Å². The minimum Gasteiger partial charge on any atom is -0.469 e. The number of aromatic nitrogens is 2. The maximum Gasteiger partial charge on any atom is 0.308 e. The summed E-state index contributed by atoms with van der Waals surface area (Å²) in [6.45, 7) is 3.14. The van der Waals surface area contributed by atoms with Crippen LogP contribution in [-0.4, -0.2) is 46.5 Å². The molecule has 0 atom stereocenters. The molecule has 3 aromatic rings. The van der Waals surface area contributed by atoms with E-state index in [-0.39, 0.29) is 17.9 Å². The van der Waals surface area contributed by atoms with E-state index in [1.165, 1.54) is 56.2 Å². The summed E-state index contributed by atoms with van der Waals surface area (Å²) in [5.41, 5.74) is 3.98. The molecule has 1 N–H and O–H groups in total. The van der Waals surface area contributed by atoms with Gasteiger partial charge < -0.3 is 14.3 Å². The number of fused-ring (bicyclic) bond motifs is 1. The molecule has 2 aliphatic rings. The smallest absolute Gasteiger partial charge is 0.308 e. The van der Waals surface area contributed by atoms with Gasteiger partial charge in [-0.2, -0.15) is 4.99 Å². The SMILES string of the molecule is COC(=O)[C@H]1CC[C@@H](n2/c(=N/C(=O)c3ccc(F)cc3)[nH]c3ccc(CN4CCCCC4)cc32)CC1. The fraction of sp³-hybridized carbons (Fsp3) is 0.464. The third-order valence-corrected chi connectivity index (χ3v) is 7.55. The first-order valence-corrected chi connectivity index (χ1v) is 12.9. The van der Waals surface area contributed by atoms with E-state index in [1.54, 1.807) is 0 Å². The third-order valence-electron chi connectivity index (χ3n) is 7.55. The van der Waals surface area contributed by atoms with Crippen LogP contribution in [0.25, 0.3) is 11.0 Å². The molecular weight excluding hydrogens is 459 g/mol. The summed E-state index contributed by atoms with van der Waals surface area (Å²) in [6.07, 6.45) is 6.83. The normalized spacial score (nSPS) is 21.6. The highest BCUT2D eigenvalue weighted by Crippen LogP contribution is 2.34. The Labute approximate surface area is 210 Å². The number of ether oxygens (including phenoxy) is 1. The number of hydrogen-bond donors (Lipinski definition) is 1. The fourth-order valence-electron chi connectivity index (χ4n) is 5.59. The van der Waals surface area contributed by atoms with E-state index >= 15 is 0 Å². The number of nitrogens with zero attached hydrogens (tertiary/aromatic N) is 3. The summed E-state index contributed by atoms with van der Waals surface area (Å²) in [5.74, 6) is -1.06. The van der Waals surface area contributed by atoms with Crippen molar-refractivity contribution in [2.75, 3.05) is 20.2 Å². The number of methoxy groups -OCH3 is 1. The minimum atomic E-state index is -0.424. The molecule has 0 bridgehead atoms. The molecule has 36 heavy (non-hydrogen) atoms. The topological polar surface area (TPSA) is 79.7 Å². The first-order chi connectivity index (χ1) is 17.5. The minimum absolute atomic E-state index is 0.0899. The lowest BCUT2D eigenvalue weighted by Crippen LogP contribution is -2.30. The van der Waals surface area contributed by atoms with Crippen molar-refractivity contribution in [3.63, 3.8) is 0 Å². The van der Waals surface area contributed by atoms with Crippen molar-refractivity contribution in [3.8, 4) is 0 Å². The molecule has 2 aromatic carbocycles. The summed E-state index contributed by atoms with van der Waals surface area (Å²) < 4.78 is 20.4. The molecule has 1 aliphatic heterocycles. The van der Waals surface area contributed by atoms with E-state index in [4.69, 9.17) is 4.74 Å². The van der Waals surface area contributed by atoms with Crippen LogP contribution in [0.3, 0.4) is 0 Å². The van der Waals surface area contributed by atoms with Gasteiger partial charge in [-0.05, 0) is 93.6 Å². The maximum absolute atomic E-state index is 13.4. The zero-order valence-electron chi connectivity index (χ0n) is 20.7. The van der Waals surface area contributed by atoms with Crippen LogP contribution >= 0.6 is 0 Å². The van der Waals surface area contributed by atoms with Gasteiger partial charge in [0.2, 0.25) is 5.62 Å². The van der Waals surface area contributed by atoms with Crippen LogP contribution in [0.1, 0.15) is 66.9 Å². The van der Waals surface area contributed by atoms with E-state index in [0.29, 0.717) is 11.2 Å². The van der Waals surface area contributed by atoms with Crippen molar-refractivity contribution in [1.82, 2.24) is 14.5 Å². The lowest BCUT2D eigenvalue weighted by atomic mass is 9.86. The highest BCUT2D eigenvalue weighted by molar-refractivity contribution is 5.94. The monoisotopic (exact) mass is 492 g/mol. The number of likely N-dealkylation sites (tertiary alicyclic amines) is 1. The number of rotatable bonds is 5. The zero-order valence-corrected chi connectivity index (χ0v) is 20.7. The number of carbonyl (C=O) groups is 2. The number of imidazole rings is 1. The lowest BCUT2D eigenvalue weighted by Gasteiger charge is -2.28. The summed E-state index contributed by atoms with van der Waals surface area (Å²) in [4.78, 5) is 35.3. The summed E-state index contributed by atoms with van der Waals surface area (Å²) in [6, 6.07) is 11.9. The zero-order chi connectivity index (χ0) is 25.1. The van der Waals surface area contributed by atoms with E-state index in [0.717, 1.165) is 56.4 Å². The molecule has 1 saturated heterocycles.